The second-order valence-electron chi connectivity index (χ2n) is 10.0. The molecule has 3 aliphatic rings. The van der Waals surface area contributed by atoms with Crippen LogP contribution in [-0.4, -0.2) is 6.54 Å². The molecule has 0 atom stereocenters. The number of halogens is 1. The molecule has 10 heteroatoms. The summed E-state index contributed by atoms with van der Waals surface area (Å²) in [6.07, 6.45) is 6.58. The SMILES string of the molecule is CCN1/C(=C/C2=C3CCC(c4sc5ccccc5[n+]4CC)=C3C=C(c3ccccc3)O2)Sc2ccccc21.[O-][Cl+3]([O-])([O-])[O-]. The van der Waals surface area contributed by atoms with Gasteiger partial charge in [0.25, 0.3) is 5.01 Å². The summed E-state index contributed by atoms with van der Waals surface area (Å²) in [6.45, 7) is 6.35. The highest BCUT2D eigenvalue weighted by Crippen LogP contribution is 2.49. The quantitative estimate of drug-likeness (QED) is 0.308. The zero-order valence-electron chi connectivity index (χ0n) is 23.6. The number of benzene rings is 3. The number of ether oxygens (including phenoxy) is 1. The number of para-hydroxylation sites is 2. The molecule has 2 aliphatic heterocycles. The lowest BCUT2D eigenvalue weighted by atomic mass is 10.00. The van der Waals surface area contributed by atoms with Crippen molar-refractivity contribution in [2.45, 2.75) is 38.1 Å². The number of anilines is 1. The molecule has 220 valence electrons. The maximum absolute atomic E-state index is 8.49. The number of thiazole rings is 1. The van der Waals surface area contributed by atoms with Crippen LogP contribution in [0, 0.1) is 10.2 Å². The topological polar surface area (TPSA) is 109 Å². The average Bonchev–Trinajstić information content (AvgIpc) is 3.69. The normalized spacial score (nSPS) is 17.1. The molecule has 3 aromatic carbocycles. The third-order valence-electron chi connectivity index (χ3n) is 7.52. The van der Waals surface area contributed by atoms with Crippen molar-refractivity contribution in [1.29, 1.82) is 0 Å². The van der Waals surface area contributed by atoms with Gasteiger partial charge >= 0.3 is 0 Å². The second kappa shape index (κ2) is 12.3. The molecule has 7 nitrogen and oxygen atoms in total. The van der Waals surface area contributed by atoms with Gasteiger partial charge in [-0.1, -0.05) is 77.7 Å². The second-order valence-corrected chi connectivity index (χ2v) is 12.9. The maximum atomic E-state index is 8.49. The number of aromatic nitrogens is 1. The molecule has 0 radical (unpaired) electrons. The highest BCUT2D eigenvalue weighted by molar-refractivity contribution is 8.03. The third kappa shape index (κ3) is 6.16. The Balaban J connectivity index is 0.000000611. The first-order valence-electron chi connectivity index (χ1n) is 14.0. The predicted octanol–water partition coefficient (Wildman–Crippen LogP) is 3.80. The lowest BCUT2D eigenvalue weighted by molar-refractivity contribution is -2.00. The van der Waals surface area contributed by atoms with Crippen molar-refractivity contribution in [2.75, 3.05) is 11.4 Å². The number of aryl methyl sites for hydroxylation is 1. The van der Waals surface area contributed by atoms with Crippen molar-refractivity contribution in [3.05, 3.63) is 124 Å². The summed E-state index contributed by atoms with van der Waals surface area (Å²) in [7, 11) is -4.94. The molecule has 0 N–H and O–H groups in total. The van der Waals surface area contributed by atoms with E-state index >= 15 is 0 Å². The van der Waals surface area contributed by atoms with E-state index in [1.807, 2.05) is 23.1 Å². The molecule has 0 bridgehead atoms. The van der Waals surface area contributed by atoms with Gasteiger partial charge in [-0.3, -0.25) is 0 Å². The van der Waals surface area contributed by atoms with Crippen molar-refractivity contribution < 1.29 is 38.2 Å². The highest BCUT2D eigenvalue weighted by atomic mass is 35.7. The van der Waals surface area contributed by atoms with E-state index in [1.54, 1.807) is 0 Å². The number of nitrogens with zero attached hydrogens (tertiary/aromatic N) is 2. The molecule has 7 rings (SSSR count). The van der Waals surface area contributed by atoms with E-state index in [9.17, 15) is 0 Å². The van der Waals surface area contributed by atoms with Crippen LogP contribution in [0.15, 0.2) is 118 Å². The monoisotopic (exact) mass is 632 g/mol. The molecule has 0 spiro atoms. The van der Waals surface area contributed by atoms with Gasteiger partial charge in [0, 0.05) is 40.3 Å². The van der Waals surface area contributed by atoms with Gasteiger partial charge in [-0.2, -0.15) is 4.57 Å². The van der Waals surface area contributed by atoms with Gasteiger partial charge in [-0.05, 0) is 56.5 Å². The first kappa shape index (κ1) is 29.7. The van der Waals surface area contributed by atoms with Crippen molar-refractivity contribution in [1.82, 2.24) is 0 Å². The molecule has 1 aliphatic carbocycles. The Bertz CT molecular complexity index is 1800. The van der Waals surface area contributed by atoms with Crippen LogP contribution < -0.4 is 28.1 Å². The van der Waals surface area contributed by atoms with E-state index in [0.29, 0.717) is 0 Å². The summed E-state index contributed by atoms with van der Waals surface area (Å²) in [5.74, 6) is 1.90. The third-order valence-corrected chi connectivity index (χ3v) is 9.85. The van der Waals surface area contributed by atoms with E-state index in [0.717, 1.165) is 43.0 Å². The predicted molar refractivity (Wildman–Crippen MR) is 160 cm³/mol. The fourth-order valence-corrected chi connectivity index (χ4v) is 8.20. The first-order chi connectivity index (χ1) is 20.7. The van der Waals surface area contributed by atoms with Gasteiger partial charge in [0.15, 0.2) is 0 Å². The highest BCUT2D eigenvalue weighted by Gasteiger charge is 2.34. The largest absolute Gasteiger partial charge is 0.456 e. The Kier molecular flexibility index (Phi) is 8.48. The minimum atomic E-state index is -4.94. The van der Waals surface area contributed by atoms with Gasteiger partial charge < -0.3 is 9.64 Å². The van der Waals surface area contributed by atoms with Crippen LogP contribution in [0.1, 0.15) is 37.3 Å². The molecule has 4 aromatic rings. The van der Waals surface area contributed by atoms with E-state index in [4.69, 9.17) is 23.4 Å². The zero-order chi connectivity index (χ0) is 30.1. The van der Waals surface area contributed by atoms with Crippen molar-refractivity contribution >= 4 is 50.3 Å². The lowest BCUT2D eigenvalue weighted by Crippen LogP contribution is -2.68. The van der Waals surface area contributed by atoms with Crippen LogP contribution in [0.5, 0.6) is 0 Å². The van der Waals surface area contributed by atoms with Gasteiger partial charge in [-0.15, -0.1) is 10.2 Å². The van der Waals surface area contributed by atoms with Crippen LogP contribution in [0.3, 0.4) is 0 Å². The summed E-state index contributed by atoms with van der Waals surface area (Å²) in [5, 5.41) is 2.60. The van der Waals surface area contributed by atoms with E-state index in [1.165, 1.54) is 47.6 Å². The molecule has 0 amide bonds. The molecule has 43 heavy (non-hydrogen) atoms. The van der Waals surface area contributed by atoms with Crippen LogP contribution in [0.25, 0.3) is 21.5 Å². The number of rotatable bonds is 5. The molecule has 0 saturated heterocycles. The van der Waals surface area contributed by atoms with Crippen LogP contribution in [0.2, 0.25) is 0 Å². The number of allylic oxidation sites excluding steroid dienone is 5. The molecule has 0 saturated carbocycles. The van der Waals surface area contributed by atoms with Gasteiger partial charge in [0.05, 0.1) is 10.7 Å². The molecule has 0 fully saturated rings. The average molecular weight is 633 g/mol. The number of thioether (sulfide) groups is 1. The standard InChI is InChI=1S/C33H29N2OS2.ClHO4/c1-3-34-26-14-8-10-16-30(26)37-32(34)21-29-23-18-19-24(25(23)20-28(36-29)22-12-6-5-7-13-22)33-35(4-2)27-15-9-11-17-31(27)38-33;2-1(3,4)5/h5-17,20-21H,3-4,18-19H2,1-2H3;(H,2,3,4,5)/q+1;/p-1. The van der Waals surface area contributed by atoms with Crippen molar-refractivity contribution in [3.63, 3.8) is 0 Å². The Morgan fingerprint density at radius 1 is 0.884 bits per heavy atom. The van der Waals surface area contributed by atoms with E-state index < -0.39 is 10.2 Å². The fourth-order valence-electron chi connectivity index (χ4n) is 5.73. The Hall–Kier alpha value is -3.41. The summed E-state index contributed by atoms with van der Waals surface area (Å²) < 4.78 is 44.5. The smallest absolute Gasteiger partial charge is 0.266 e. The minimum Gasteiger partial charge on any atom is -0.456 e. The molecule has 3 heterocycles. The van der Waals surface area contributed by atoms with Crippen LogP contribution in [-0.2, 0) is 11.3 Å². The van der Waals surface area contributed by atoms with Crippen molar-refractivity contribution in [2.24, 2.45) is 0 Å². The Morgan fingerprint density at radius 2 is 1.56 bits per heavy atom. The zero-order valence-corrected chi connectivity index (χ0v) is 26.0. The molecule has 0 unspecified atom stereocenters. The Morgan fingerprint density at radius 3 is 2.30 bits per heavy atom. The molecular weight excluding hydrogens is 604 g/mol. The van der Waals surface area contributed by atoms with Crippen LogP contribution in [0.4, 0.5) is 5.69 Å². The van der Waals surface area contributed by atoms with Gasteiger partial charge in [-0.25, -0.2) is 18.6 Å². The molecule has 1 aromatic heterocycles. The fraction of sp³-hybridized carbons (Fsp3) is 0.182. The van der Waals surface area contributed by atoms with Gasteiger partial charge in [0.1, 0.15) is 22.8 Å². The summed E-state index contributed by atoms with van der Waals surface area (Å²) in [4.78, 5) is 3.70. The van der Waals surface area contributed by atoms with Gasteiger partial charge in [0.2, 0.25) is 5.52 Å². The number of fused-ring (bicyclic) bond motifs is 3. The summed E-state index contributed by atoms with van der Waals surface area (Å²) in [6, 6.07) is 27.9. The Labute approximate surface area is 260 Å². The summed E-state index contributed by atoms with van der Waals surface area (Å²) >= 11 is 3.75. The van der Waals surface area contributed by atoms with E-state index in [-0.39, 0.29) is 0 Å². The first-order valence-corrected chi connectivity index (χ1v) is 16.8. The lowest BCUT2D eigenvalue weighted by Gasteiger charge is -2.23. The van der Waals surface area contributed by atoms with E-state index in [2.05, 4.69) is 114 Å². The summed E-state index contributed by atoms with van der Waals surface area (Å²) in [5.41, 5.74) is 7.80. The minimum absolute atomic E-state index is 0.920. The van der Waals surface area contributed by atoms with Crippen molar-refractivity contribution in [3.8, 4) is 0 Å². The van der Waals surface area contributed by atoms with Crippen LogP contribution >= 0.6 is 23.1 Å². The number of hydrogen-bond acceptors (Lipinski definition) is 8. The molecular formula is C33H29ClN2O5S2. The number of hydrogen-bond donors (Lipinski definition) is 0. The maximum Gasteiger partial charge on any atom is 0.266 e.